The molecule has 0 amide bonds. The van der Waals surface area contributed by atoms with E-state index in [-0.39, 0.29) is 5.41 Å². The average Bonchev–Trinajstić information content (AvgIpc) is 2.73. The monoisotopic (exact) mass is 266 g/mol. The lowest BCUT2D eigenvalue weighted by Crippen LogP contribution is -2.52. The second-order valence-electron chi connectivity index (χ2n) is 5.78. The summed E-state index contributed by atoms with van der Waals surface area (Å²) in [5.41, 5.74) is 7.22. The highest BCUT2D eigenvalue weighted by Crippen LogP contribution is 2.41. The van der Waals surface area contributed by atoms with Crippen LogP contribution in [0.2, 0.25) is 0 Å². The van der Waals surface area contributed by atoms with E-state index < -0.39 is 0 Å². The first-order valence-corrected chi connectivity index (χ1v) is 7.82. The smallest absolute Gasteiger partial charge is 0.0962 e. The molecule has 3 nitrogen and oxygen atoms in total. The number of hydrogen-bond donors (Lipinski definition) is 1. The molecule has 1 aliphatic heterocycles. The van der Waals surface area contributed by atoms with E-state index >= 15 is 0 Å². The van der Waals surface area contributed by atoms with Crippen molar-refractivity contribution >= 4 is 11.3 Å². The standard InChI is InChI=1S/C14H22N2OS/c1-10-12(14(7-15)8-17-9-14)18-13(16-10)11-5-3-2-4-6-11/h11H,2-9,15H2,1H3. The quantitative estimate of drug-likeness (QED) is 0.915. The van der Waals surface area contributed by atoms with E-state index in [1.165, 1.54) is 47.7 Å². The third kappa shape index (κ3) is 2.00. The molecule has 0 atom stereocenters. The summed E-state index contributed by atoms with van der Waals surface area (Å²) in [6, 6.07) is 0. The molecule has 4 heteroatoms. The fourth-order valence-corrected chi connectivity index (χ4v) is 4.53. The molecule has 0 unspecified atom stereocenters. The van der Waals surface area contributed by atoms with E-state index in [0.29, 0.717) is 12.5 Å². The summed E-state index contributed by atoms with van der Waals surface area (Å²) < 4.78 is 5.39. The topological polar surface area (TPSA) is 48.1 Å². The first kappa shape index (κ1) is 12.6. The number of nitrogens with two attached hydrogens (primary N) is 1. The highest BCUT2D eigenvalue weighted by atomic mass is 32.1. The highest BCUT2D eigenvalue weighted by molar-refractivity contribution is 7.12. The molecule has 0 aromatic carbocycles. The predicted octanol–water partition coefficient (Wildman–Crippen LogP) is 2.73. The number of nitrogens with zero attached hydrogens (tertiary/aromatic N) is 1. The molecule has 1 aromatic heterocycles. The number of rotatable bonds is 3. The zero-order chi connectivity index (χ0) is 12.6. The summed E-state index contributed by atoms with van der Waals surface area (Å²) >= 11 is 1.90. The maximum absolute atomic E-state index is 5.96. The zero-order valence-electron chi connectivity index (χ0n) is 11.1. The lowest BCUT2D eigenvalue weighted by Gasteiger charge is -2.40. The van der Waals surface area contributed by atoms with Crippen LogP contribution < -0.4 is 5.73 Å². The zero-order valence-corrected chi connectivity index (χ0v) is 11.9. The van der Waals surface area contributed by atoms with Crippen LogP contribution >= 0.6 is 11.3 Å². The van der Waals surface area contributed by atoms with Gasteiger partial charge in [-0.25, -0.2) is 4.98 Å². The second-order valence-corrected chi connectivity index (χ2v) is 6.81. The van der Waals surface area contributed by atoms with Gasteiger partial charge in [-0.2, -0.15) is 0 Å². The van der Waals surface area contributed by atoms with Crippen molar-refractivity contribution < 1.29 is 4.74 Å². The Morgan fingerprint density at radius 1 is 1.33 bits per heavy atom. The van der Waals surface area contributed by atoms with Gasteiger partial charge in [0.25, 0.3) is 0 Å². The van der Waals surface area contributed by atoms with Crippen molar-refractivity contribution in [2.45, 2.75) is 50.4 Å². The molecule has 2 fully saturated rings. The molecule has 1 aliphatic carbocycles. The Morgan fingerprint density at radius 2 is 2.06 bits per heavy atom. The van der Waals surface area contributed by atoms with Gasteiger partial charge in [-0.15, -0.1) is 11.3 Å². The lowest BCUT2D eigenvalue weighted by atomic mass is 9.83. The van der Waals surface area contributed by atoms with Crippen molar-refractivity contribution in [1.29, 1.82) is 0 Å². The van der Waals surface area contributed by atoms with E-state index in [2.05, 4.69) is 6.92 Å². The van der Waals surface area contributed by atoms with Crippen LogP contribution in [-0.2, 0) is 10.2 Å². The van der Waals surface area contributed by atoms with Crippen LogP contribution in [0.25, 0.3) is 0 Å². The minimum Gasteiger partial charge on any atom is -0.379 e. The Labute approximate surface area is 113 Å². The van der Waals surface area contributed by atoms with Gasteiger partial charge in [0.1, 0.15) is 0 Å². The van der Waals surface area contributed by atoms with Crippen molar-refractivity contribution in [3.05, 3.63) is 15.6 Å². The maximum Gasteiger partial charge on any atom is 0.0962 e. The van der Waals surface area contributed by atoms with E-state index in [0.717, 1.165) is 13.2 Å². The summed E-state index contributed by atoms with van der Waals surface area (Å²) in [5.74, 6) is 0.701. The normalized spacial score (nSPS) is 23.9. The minimum absolute atomic E-state index is 0.0780. The van der Waals surface area contributed by atoms with Crippen LogP contribution in [0.15, 0.2) is 0 Å². The minimum atomic E-state index is 0.0780. The van der Waals surface area contributed by atoms with Crippen LogP contribution in [0.1, 0.15) is 53.6 Å². The van der Waals surface area contributed by atoms with E-state index in [1.807, 2.05) is 11.3 Å². The summed E-state index contributed by atoms with van der Waals surface area (Å²) in [4.78, 5) is 6.22. The van der Waals surface area contributed by atoms with Crippen molar-refractivity contribution in [3.8, 4) is 0 Å². The fourth-order valence-electron chi connectivity index (χ4n) is 3.12. The first-order chi connectivity index (χ1) is 8.75. The number of thiazole rings is 1. The molecule has 2 aliphatic rings. The van der Waals surface area contributed by atoms with E-state index in [1.54, 1.807) is 0 Å². The Bertz CT molecular complexity index is 414. The number of aryl methyl sites for hydroxylation is 1. The molecule has 18 heavy (non-hydrogen) atoms. The first-order valence-electron chi connectivity index (χ1n) is 7.01. The lowest BCUT2D eigenvalue weighted by molar-refractivity contribution is -0.0535. The summed E-state index contributed by atoms with van der Waals surface area (Å²) in [6.07, 6.45) is 6.76. The van der Waals surface area contributed by atoms with Gasteiger partial charge < -0.3 is 10.5 Å². The van der Waals surface area contributed by atoms with E-state index in [9.17, 15) is 0 Å². The second kappa shape index (κ2) is 4.91. The van der Waals surface area contributed by atoms with Crippen molar-refractivity contribution in [1.82, 2.24) is 4.98 Å². The molecule has 2 N–H and O–H groups in total. The SMILES string of the molecule is Cc1nc(C2CCCCC2)sc1C1(CN)COC1. The van der Waals surface area contributed by atoms with Gasteiger partial charge in [0, 0.05) is 17.3 Å². The van der Waals surface area contributed by atoms with Gasteiger partial charge in [0.15, 0.2) is 0 Å². The molecule has 100 valence electrons. The van der Waals surface area contributed by atoms with Gasteiger partial charge in [0.05, 0.1) is 29.3 Å². The van der Waals surface area contributed by atoms with Gasteiger partial charge in [-0.05, 0) is 19.8 Å². The van der Waals surface area contributed by atoms with Crippen molar-refractivity contribution in [2.75, 3.05) is 19.8 Å². The summed E-state index contributed by atoms with van der Waals surface area (Å²) in [5, 5.41) is 1.35. The molecule has 1 saturated heterocycles. The molecule has 1 saturated carbocycles. The van der Waals surface area contributed by atoms with Crippen molar-refractivity contribution in [2.24, 2.45) is 5.73 Å². The van der Waals surface area contributed by atoms with Crippen LogP contribution in [0.3, 0.4) is 0 Å². The van der Waals surface area contributed by atoms with Crippen molar-refractivity contribution in [3.63, 3.8) is 0 Å². The molecule has 0 bridgehead atoms. The van der Waals surface area contributed by atoms with Crippen LogP contribution in [0.4, 0.5) is 0 Å². The third-order valence-corrected chi connectivity index (χ3v) is 5.96. The Hall–Kier alpha value is -0.450. The highest BCUT2D eigenvalue weighted by Gasteiger charge is 2.42. The Morgan fingerprint density at radius 3 is 2.61 bits per heavy atom. The maximum atomic E-state index is 5.96. The Kier molecular flexibility index (Phi) is 3.43. The van der Waals surface area contributed by atoms with Gasteiger partial charge in [0.2, 0.25) is 0 Å². The molecule has 3 rings (SSSR count). The molecule has 0 spiro atoms. The number of hydrogen-bond acceptors (Lipinski definition) is 4. The molecule has 0 radical (unpaired) electrons. The third-order valence-electron chi connectivity index (χ3n) is 4.40. The number of ether oxygens (including phenoxy) is 1. The predicted molar refractivity (Wildman–Crippen MR) is 74.2 cm³/mol. The Balaban J connectivity index is 1.85. The van der Waals surface area contributed by atoms with Gasteiger partial charge in [-0.1, -0.05) is 19.3 Å². The fraction of sp³-hybridized carbons (Fsp3) is 0.786. The average molecular weight is 266 g/mol. The van der Waals surface area contributed by atoms with Gasteiger partial charge >= 0.3 is 0 Å². The van der Waals surface area contributed by atoms with E-state index in [4.69, 9.17) is 15.5 Å². The molecule has 2 heterocycles. The summed E-state index contributed by atoms with van der Waals surface area (Å²) in [6.45, 7) is 4.36. The van der Waals surface area contributed by atoms with Crippen LogP contribution in [0.5, 0.6) is 0 Å². The summed E-state index contributed by atoms with van der Waals surface area (Å²) in [7, 11) is 0. The molecular weight excluding hydrogens is 244 g/mol. The number of aromatic nitrogens is 1. The van der Waals surface area contributed by atoms with Gasteiger partial charge in [-0.3, -0.25) is 0 Å². The molecular formula is C14H22N2OS. The largest absolute Gasteiger partial charge is 0.379 e. The molecule has 1 aromatic rings. The van der Waals surface area contributed by atoms with Crippen LogP contribution in [-0.4, -0.2) is 24.7 Å². The van der Waals surface area contributed by atoms with Crippen LogP contribution in [0, 0.1) is 6.92 Å².